The Kier molecular flexibility index (Phi) is 7.01. The summed E-state index contributed by atoms with van der Waals surface area (Å²) in [7, 11) is -7.57. The highest BCUT2D eigenvalue weighted by molar-refractivity contribution is 7.93. The third kappa shape index (κ3) is 5.20. The normalized spacial score (nSPS) is 18.7. The van der Waals surface area contributed by atoms with Gasteiger partial charge in [0.2, 0.25) is 10.0 Å². The Hall–Kier alpha value is -2.50. The number of anilines is 3. The lowest BCUT2D eigenvalue weighted by Gasteiger charge is -2.31. The van der Waals surface area contributed by atoms with E-state index in [1.54, 1.807) is 25.1 Å². The van der Waals surface area contributed by atoms with Crippen LogP contribution in [0.4, 0.5) is 17.1 Å². The molecule has 2 saturated heterocycles. The third-order valence-corrected chi connectivity index (χ3v) is 8.91. The average Bonchev–Trinajstić information content (AvgIpc) is 2.80. The molecule has 0 radical (unpaired) electrons. The fourth-order valence-electron chi connectivity index (χ4n) is 4.06. The Bertz CT molecular complexity index is 1190. The number of morpholine rings is 1. The van der Waals surface area contributed by atoms with Crippen molar-refractivity contribution >= 4 is 37.1 Å². The molecular weight excluding hydrogens is 466 g/mol. The lowest BCUT2D eigenvalue weighted by Crippen LogP contribution is -2.38. The molecule has 180 valence electrons. The van der Waals surface area contributed by atoms with E-state index < -0.39 is 20.0 Å². The molecule has 0 saturated carbocycles. The van der Waals surface area contributed by atoms with E-state index in [4.69, 9.17) is 9.47 Å². The summed E-state index contributed by atoms with van der Waals surface area (Å²) in [6, 6.07) is 11.7. The Morgan fingerprint density at radius 1 is 1.06 bits per heavy atom. The molecule has 9 nitrogen and oxygen atoms in total. The first-order valence-corrected chi connectivity index (χ1v) is 14.1. The van der Waals surface area contributed by atoms with Gasteiger partial charge in [0.05, 0.1) is 42.6 Å². The lowest BCUT2D eigenvalue weighted by atomic mass is 10.2. The highest BCUT2D eigenvalue weighted by Gasteiger charge is 2.29. The van der Waals surface area contributed by atoms with E-state index in [-0.39, 0.29) is 23.0 Å². The predicted molar refractivity (Wildman–Crippen MR) is 128 cm³/mol. The van der Waals surface area contributed by atoms with Gasteiger partial charge in [0.15, 0.2) is 0 Å². The van der Waals surface area contributed by atoms with Crippen LogP contribution in [0.2, 0.25) is 0 Å². The topological polar surface area (TPSA) is 105 Å². The highest BCUT2D eigenvalue weighted by Crippen LogP contribution is 2.35. The summed E-state index contributed by atoms with van der Waals surface area (Å²) in [6.07, 6.45) is 1.32. The van der Waals surface area contributed by atoms with Gasteiger partial charge >= 0.3 is 0 Å². The summed E-state index contributed by atoms with van der Waals surface area (Å²) in [5, 5.41) is 0. The number of ether oxygens (including phenoxy) is 2. The van der Waals surface area contributed by atoms with Gasteiger partial charge in [-0.05, 0) is 50.1 Å². The zero-order valence-corrected chi connectivity index (χ0v) is 20.2. The Balaban J connectivity index is 1.71. The molecule has 0 aromatic heterocycles. The van der Waals surface area contributed by atoms with Crippen LogP contribution < -0.4 is 18.7 Å². The fraction of sp³-hybridized carbons (Fsp3) is 0.455. The van der Waals surface area contributed by atoms with E-state index in [1.807, 2.05) is 12.1 Å². The molecule has 0 atom stereocenters. The Morgan fingerprint density at radius 2 is 1.82 bits per heavy atom. The molecule has 0 bridgehead atoms. The average molecular weight is 496 g/mol. The molecule has 2 aromatic carbocycles. The monoisotopic (exact) mass is 495 g/mol. The van der Waals surface area contributed by atoms with Gasteiger partial charge < -0.3 is 14.4 Å². The molecule has 1 N–H and O–H groups in total. The standard InChI is InChI=1S/C22H29N3O6S2/c1-2-31-21-10-9-18(25-11-5-6-16-32(25,26)27)17-22(21)33(28,29)23-19-7-3-4-8-20(19)24-12-14-30-15-13-24/h3-4,7-10,17,23H,2,5-6,11-16H2,1H3. The summed E-state index contributed by atoms with van der Waals surface area (Å²) in [6.45, 7) is 4.82. The van der Waals surface area contributed by atoms with Crippen molar-refractivity contribution in [2.24, 2.45) is 0 Å². The van der Waals surface area contributed by atoms with Crippen LogP contribution in [0.3, 0.4) is 0 Å². The number of para-hydroxylation sites is 2. The molecule has 0 amide bonds. The summed E-state index contributed by atoms with van der Waals surface area (Å²) in [4.78, 5) is 1.97. The minimum Gasteiger partial charge on any atom is -0.492 e. The van der Waals surface area contributed by atoms with E-state index in [0.717, 1.165) is 12.1 Å². The molecule has 0 spiro atoms. The van der Waals surface area contributed by atoms with Crippen LogP contribution in [0.1, 0.15) is 19.8 Å². The van der Waals surface area contributed by atoms with Crippen LogP contribution in [0.25, 0.3) is 0 Å². The second kappa shape index (κ2) is 9.78. The number of hydrogen-bond acceptors (Lipinski definition) is 7. The van der Waals surface area contributed by atoms with Gasteiger partial charge in [0.25, 0.3) is 10.0 Å². The number of benzene rings is 2. The van der Waals surface area contributed by atoms with Gasteiger partial charge in [-0.2, -0.15) is 0 Å². The van der Waals surface area contributed by atoms with E-state index in [2.05, 4.69) is 9.62 Å². The van der Waals surface area contributed by atoms with Crippen molar-refractivity contribution in [2.75, 3.05) is 59.1 Å². The molecule has 4 rings (SSSR count). The van der Waals surface area contributed by atoms with Crippen molar-refractivity contribution in [3.8, 4) is 5.75 Å². The van der Waals surface area contributed by atoms with E-state index in [9.17, 15) is 16.8 Å². The summed E-state index contributed by atoms with van der Waals surface area (Å²) < 4.78 is 67.2. The van der Waals surface area contributed by atoms with E-state index in [1.165, 1.54) is 16.4 Å². The van der Waals surface area contributed by atoms with Crippen molar-refractivity contribution in [1.29, 1.82) is 0 Å². The smallest absolute Gasteiger partial charge is 0.265 e. The van der Waals surface area contributed by atoms with Crippen molar-refractivity contribution in [1.82, 2.24) is 0 Å². The van der Waals surface area contributed by atoms with Crippen LogP contribution in [-0.4, -0.2) is 62.0 Å². The van der Waals surface area contributed by atoms with Gasteiger partial charge in [0.1, 0.15) is 10.6 Å². The quantitative estimate of drug-likeness (QED) is 0.630. The van der Waals surface area contributed by atoms with Crippen LogP contribution in [0.15, 0.2) is 47.4 Å². The van der Waals surface area contributed by atoms with Crippen LogP contribution in [0.5, 0.6) is 5.75 Å². The minimum atomic E-state index is -4.08. The summed E-state index contributed by atoms with van der Waals surface area (Å²) in [5.41, 5.74) is 1.52. The first-order chi connectivity index (χ1) is 15.8. The SMILES string of the molecule is CCOc1ccc(N2CCCCS2(=O)=O)cc1S(=O)(=O)Nc1ccccc1N1CCOCC1. The van der Waals surface area contributed by atoms with Crippen LogP contribution >= 0.6 is 0 Å². The maximum Gasteiger partial charge on any atom is 0.265 e. The van der Waals surface area contributed by atoms with E-state index >= 15 is 0 Å². The maximum absolute atomic E-state index is 13.5. The largest absolute Gasteiger partial charge is 0.492 e. The molecule has 2 aliphatic rings. The molecular formula is C22H29N3O6S2. The number of sulfonamides is 2. The minimum absolute atomic E-state index is 0.0491. The zero-order chi connectivity index (χ0) is 23.5. The van der Waals surface area contributed by atoms with Crippen molar-refractivity contribution in [2.45, 2.75) is 24.7 Å². The van der Waals surface area contributed by atoms with Gasteiger partial charge in [0, 0.05) is 19.6 Å². The number of nitrogens with one attached hydrogen (secondary N) is 1. The molecule has 2 heterocycles. The molecule has 0 aliphatic carbocycles. The van der Waals surface area contributed by atoms with Crippen LogP contribution in [0, 0.1) is 0 Å². The molecule has 2 aromatic rings. The number of nitrogens with zero attached hydrogens (tertiary/aromatic N) is 2. The Morgan fingerprint density at radius 3 is 2.55 bits per heavy atom. The van der Waals surface area contributed by atoms with Crippen molar-refractivity contribution < 1.29 is 26.3 Å². The second-order valence-corrected chi connectivity index (χ2v) is 11.5. The predicted octanol–water partition coefficient (Wildman–Crippen LogP) is 2.65. The number of hydrogen-bond donors (Lipinski definition) is 1. The fourth-order valence-corrected chi connectivity index (χ4v) is 6.93. The van der Waals surface area contributed by atoms with E-state index in [0.29, 0.717) is 50.6 Å². The first-order valence-electron chi connectivity index (χ1n) is 11.0. The third-order valence-electron chi connectivity index (χ3n) is 5.65. The van der Waals surface area contributed by atoms with Gasteiger partial charge in [-0.1, -0.05) is 12.1 Å². The second-order valence-electron chi connectivity index (χ2n) is 7.88. The van der Waals surface area contributed by atoms with Crippen LogP contribution in [-0.2, 0) is 24.8 Å². The lowest BCUT2D eigenvalue weighted by molar-refractivity contribution is 0.123. The Labute approximate surface area is 195 Å². The summed E-state index contributed by atoms with van der Waals surface area (Å²) >= 11 is 0. The van der Waals surface area contributed by atoms with Crippen molar-refractivity contribution in [3.05, 3.63) is 42.5 Å². The summed E-state index contributed by atoms with van der Waals surface area (Å²) in [5.74, 6) is 0.222. The number of rotatable bonds is 7. The molecule has 33 heavy (non-hydrogen) atoms. The maximum atomic E-state index is 13.5. The van der Waals surface area contributed by atoms with Gasteiger partial charge in [-0.25, -0.2) is 16.8 Å². The molecule has 2 fully saturated rings. The van der Waals surface area contributed by atoms with Crippen molar-refractivity contribution in [3.63, 3.8) is 0 Å². The first kappa shape index (κ1) is 23.7. The molecule has 2 aliphatic heterocycles. The molecule has 11 heteroatoms. The van der Waals surface area contributed by atoms with Gasteiger partial charge in [-0.15, -0.1) is 0 Å². The van der Waals surface area contributed by atoms with Gasteiger partial charge in [-0.3, -0.25) is 9.03 Å². The zero-order valence-electron chi connectivity index (χ0n) is 18.6. The molecule has 0 unspecified atom stereocenters. The highest BCUT2D eigenvalue weighted by atomic mass is 32.2.